The molecule has 0 spiro atoms. The topological polar surface area (TPSA) is 95.5 Å². The Morgan fingerprint density at radius 2 is 1.89 bits per heavy atom. The molecule has 0 rings (SSSR count). The summed E-state index contributed by atoms with van der Waals surface area (Å²) in [6, 6.07) is 0. The lowest BCUT2D eigenvalue weighted by Crippen LogP contribution is -2.59. The highest BCUT2D eigenvalue weighted by Gasteiger charge is 2.48. The number of amides is 2. The van der Waals surface area contributed by atoms with E-state index in [0.29, 0.717) is 0 Å². The summed E-state index contributed by atoms with van der Waals surface area (Å²) in [5, 5.41) is 13.2. The number of carboxylic acid groups (broad SMARTS) is 1. The van der Waals surface area contributed by atoms with Crippen LogP contribution in [-0.4, -0.2) is 41.4 Å². The highest BCUT2D eigenvalue weighted by Crippen LogP contribution is 2.22. The van der Waals surface area contributed by atoms with E-state index in [1.807, 2.05) is 5.32 Å². The Bertz CT molecular complexity index is 350. The van der Waals surface area contributed by atoms with Gasteiger partial charge in [0.05, 0.1) is 0 Å². The summed E-state index contributed by atoms with van der Waals surface area (Å²) in [5.41, 5.74) is -2.61. The fraction of sp³-hybridized carbons (Fsp3) is 0.727. The Morgan fingerprint density at radius 3 is 2.26 bits per heavy atom. The molecule has 6 nitrogen and oxygen atoms in total. The second-order valence-corrected chi connectivity index (χ2v) is 4.07. The maximum Gasteiger partial charge on any atom is 0.335 e. The first kappa shape index (κ1) is 17.3. The highest BCUT2D eigenvalue weighted by atomic mass is 19.3. The molecule has 0 saturated heterocycles. The first-order valence-electron chi connectivity index (χ1n) is 5.83. The van der Waals surface area contributed by atoms with Gasteiger partial charge in [0.1, 0.15) is 0 Å². The molecule has 0 fully saturated rings. The Hall–Kier alpha value is -1.73. The molecule has 0 saturated carbocycles. The molecule has 1 unspecified atom stereocenters. The summed E-state index contributed by atoms with van der Waals surface area (Å²) in [4.78, 5) is 32.9. The van der Waals surface area contributed by atoms with Crippen molar-refractivity contribution in [3.63, 3.8) is 0 Å². The Kier molecular flexibility index (Phi) is 6.95. The number of carboxylic acids is 1. The largest absolute Gasteiger partial charge is 0.479 e. The zero-order chi connectivity index (χ0) is 15.1. The van der Waals surface area contributed by atoms with Crippen molar-refractivity contribution in [3.8, 4) is 0 Å². The third-order valence-corrected chi connectivity index (χ3v) is 2.56. The zero-order valence-electron chi connectivity index (χ0n) is 10.8. The Labute approximate surface area is 109 Å². The van der Waals surface area contributed by atoms with Crippen molar-refractivity contribution in [1.29, 1.82) is 0 Å². The maximum absolute atomic E-state index is 13.0. The van der Waals surface area contributed by atoms with E-state index >= 15 is 0 Å². The molecule has 0 aliphatic heterocycles. The van der Waals surface area contributed by atoms with Gasteiger partial charge in [-0.25, -0.2) is 13.6 Å². The van der Waals surface area contributed by atoms with Crippen LogP contribution in [0.4, 0.5) is 8.78 Å². The molecule has 110 valence electrons. The minimum absolute atomic E-state index is 0.0141. The zero-order valence-corrected chi connectivity index (χ0v) is 10.8. The Morgan fingerprint density at radius 1 is 1.32 bits per heavy atom. The van der Waals surface area contributed by atoms with Gasteiger partial charge in [0.25, 0.3) is 6.43 Å². The van der Waals surface area contributed by atoms with E-state index in [2.05, 4.69) is 5.32 Å². The van der Waals surface area contributed by atoms with Crippen molar-refractivity contribution < 1.29 is 28.3 Å². The van der Waals surface area contributed by atoms with E-state index in [9.17, 15) is 23.2 Å². The average molecular weight is 280 g/mol. The molecule has 0 aromatic heterocycles. The minimum atomic E-state index is -3.24. The molecule has 19 heavy (non-hydrogen) atoms. The van der Waals surface area contributed by atoms with E-state index in [4.69, 9.17) is 5.11 Å². The number of carbonyl (C=O) groups excluding carboxylic acids is 2. The van der Waals surface area contributed by atoms with Crippen molar-refractivity contribution in [2.75, 3.05) is 6.54 Å². The number of hydrogen-bond acceptors (Lipinski definition) is 3. The lowest BCUT2D eigenvalue weighted by molar-refractivity contribution is -0.156. The second kappa shape index (κ2) is 7.65. The summed E-state index contributed by atoms with van der Waals surface area (Å²) in [6.07, 6.45) is -3.78. The van der Waals surface area contributed by atoms with E-state index in [0.717, 1.165) is 0 Å². The summed E-state index contributed by atoms with van der Waals surface area (Å²) in [6.45, 7) is 2.76. The van der Waals surface area contributed by atoms with Gasteiger partial charge in [-0.1, -0.05) is 6.92 Å². The lowest BCUT2D eigenvalue weighted by Gasteiger charge is -2.29. The molecule has 2 amide bonds. The molecule has 0 aromatic rings. The number of halogens is 2. The summed E-state index contributed by atoms with van der Waals surface area (Å²) in [5.74, 6) is -2.88. The van der Waals surface area contributed by atoms with Gasteiger partial charge in [0.15, 0.2) is 5.54 Å². The predicted octanol–water partition coefficient (Wildman–Crippen LogP) is 0.517. The van der Waals surface area contributed by atoms with Crippen molar-refractivity contribution in [2.45, 2.75) is 45.1 Å². The van der Waals surface area contributed by atoms with Crippen LogP contribution >= 0.6 is 0 Å². The molecule has 0 aromatic carbocycles. The van der Waals surface area contributed by atoms with E-state index in [1.54, 1.807) is 0 Å². The van der Waals surface area contributed by atoms with Crippen LogP contribution in [0.3, 0.4) is 0 Å². The van der Waals surface area contributed by atoms with Crippen LogP contribution in [-0.2, 0) is 14.4 Å². The van der Waals surface area contributed by atoms with Crippen molar-refractivity contribution in [3.05, 3.63) is 0 Å². The van der Waals surface area contributed by atoms with Gasteiger partial charge in [-0.15, -0.1) is 0 Å². The maximum atomic E-state index is 13.0. The van der Waals surface area contributed by atoms with Crippen molar-refractivity contribution in [1.82, 2.24) is 10.6 Å². The van der Waals surface area contributed by atoms with Crippen LogP contribution in [0.15, 0.2) is 0 Å². The molecule has 0 heterocycles. The number of aliphatic carboxylic acids is 1. The smallest absolute Gasteiger partial charge is 0.335 e. The van der Waals surface area contributed by atoms with Gasteiger partial charge < -0.3 is 15.7 Å². The molecule has 0 aliphatic carbocycles. The monoisotopic (exact) mass is 280 g/mol. The standard InChI is InChI=1S/C11H18F2N2O4/c1-3-8(17)15-11(9(12)13,10(18)19)5-4-6-14-7(2)16/h9H,3-6H2,1-2H3,(H,14,16)(H,15,17)(H,18,19). The second-order valence-electron chi connectivity index (χ2n) is 4.07. The third kappa shape index (κ3) is 5.19. The molecule has 8 heteroatoms. The van der Waals surface area contributed by atoms with Gasteiger partial charge >= 0.3 is 5.97 Å². The quantitative estimate of drug-likeness (QED) is 0.565. The van der Waals surface area contributed by atoms with Gasteiger partial charge in [0.2, 0.25) is 11.8 Å². The lowest BCUT2D eigenvalue weighted by atomic mass is 9.93. The van der Waals surface area contributed by atoms with Gasteiger partial charge in [-0.2, -0.15) is 0 Å². The summed E-state index contributed by atoms with van der Waals surface area (Å²) >= 11 is 0. The number of hydrogen-bond donors (Lipinski definition) is 3. The number of carbonyl (C=O) groups is 3. The van der Waals surface area contributed by atoms with Crippen molar-refractivity contribution >= 4 is 17.8 Å². The molecular weight excluding hydrogens is 262 g/mol. The minimum Gasteiger partial charge on any atom is -0.479 e. The molecular formula is C11H18F2N2O4. The first-order chi connectivity index (χ1) is 8.76. The first-order valence-corrected chi connectivity index (χ1v) is 5.83. The fourth-order valence-corrected chi connectivity index (χ4v) is 1.45. The normalized spacial score (nSPS) is 13.7. The molecule has 0 aliphatic rings. The highest BCUT2D eigenvalue weighted by molar-refractivity contribution is 5.87. The summed E-state index contributed by atoms with van der Waals surface area (Å²) < 4.78 is 26.0. The van der Waals surface area contributed by atoms with Gasteiger partial charge in [-0.3, -0.25) is 9.59 Å². The fourth-order valence-electron chi connectivity index (χ4n) is 1.45. The van der Waals surface area contributed by atoms with E-state index in [-0.39, 0.29) is 25.3 Å². The van der Waals surface area contributed by atoms with Crippen molar-refractivity contribution in [2.24, 2.45) is 0 Å². The van der Waals surface area contributed by atoms with Crippen LogP contribution in [0.1, 0.15) is 33.1 Å². The van der Waals surface area contributed by atoms with E-state index in [1.165, 1.54) is 13.8 Å². The third-order valence-electron chi connectivity index (χ3n) is 2.56. The molecule has 3 N–H and O–H groups in total. The van der Waals surface area contributed by atoms with Crippen LogP contribution in [0, 0.1) is 0 Å². The number of rotatable bonds is 8. The average Bonchev–Trinajstić information content (AvgIpc) is 2.31. The number of alkyl halides is 2. The summed E-state index contributed by atoms with van der Waals surface area (Å²) in [7, 11) is 0. The van der Waals surface area contributed by atoms with Crippen LogP contribution < -0.4 is 10.6 Å². The Balaban J connectivity index is 4.78. The number of nitrogens with one attached hydrogen (secondary N) is 2. The molecule has 1 atom stereocenters. The predicted molar refractivity (Wildman–Crippen MR) is 62.7 cm³/mol. The van der Waals surface area contributed by atoms with Crippen LogP contribution in [0.25, 0.3) is 0 Å². The van der Waals surface area contributed by atoms with Crippen LogP contribution in [0.2, 0.25) is 0 Å². The van der Waals surface area contributed by atoms with Crippen LogP contribution in [0.5, 0.6) is 0 Å². The van der Waals surface area contributed by atoms with Gasteiger partial charge in [-0.05, 0) is 12.8 Å². The van der Waals surface area contributed by atoms with Gasteiger partial charge in [0, 0.05) is 19.9 Å². The van der Waals surface area contributed by atoms with E-state index < -0.39 is 30.3 Å². The SMILES string of the molecule is CCC(=O)NC(CCCNC(C)=O)(C(=O)O)C(F)F. The molecule has 0 bridgehead atoms. The molecule has 0 radical (unpaired) electrons.